The molecule has 0 aliphatic heterocycles. The molecule has 0 aliphatic carbocycles. The number of nitrogens with two attached hydrogens (primary N) is 1. The van der Waals surface area contributed by atoms with Crippen LogP contribution >= 0.6 is 0 Å². The molecule has 0 aromatic heterocycles. The first-order chi connectivity index (χ1) is 10.6. The van der Waals surface area contributed by atoms with Crippen LogP contribution in [0.5, 0.6) is 5.75 Å². The summed E-state index contributed by atoms with van der Waals surface area (Å²) in [5.41, 5.74) is 6.29. The maximum Gasteiger partial charge on any atom is 0.165 e. The Morgan fingerprint density at radius 3 is 2.82 bits per heavy atom. The van der Waals surface area contributed by atoms with Crippen molar-refractivity contribution in [3.05, 3.63) is 29.6 Å². The van der Waals surface area contributed by atoms with E-state index in [1.54, 1.807) is 12.1 Å². The van der Waals surface area contributed by atoms with E-state index in [4.69, 9.17) is 10.5 Å². The van der Waals surface area contributed by atoms with Gasteiger partial charge in [0.05, 0.1) is 12.6 Å². The Bertz CT molecular complexity index is 435. The summed E-state index contributed by atoms with van der Waals surface area (Å²) >= 11 is -1.10. The third-order valence-electron chi connectivity index (χ3n) is 3.26. The Labute approximate surface area is 135 Å². The molecule has 0 saturated heterocycles. The Balaban J connectivity index is 2.51. The molecule has 126 valence electrons. The smallest absolute Gasteiger partial charge is 0.165 e. The molecule has 0 radical (unpaired) electrons. The summed E-state index contributed by atoms with van der Waals surface area (Å²) in [5.74, 6) is 0.485. The van der Waals surface area contributed by atoms with Gasteiger partial charge in [-0.2, -0.15) is 0 Å². The highest BCUT2D eigenvalue weighted by Gasteiger charge is 2.15. The molecular weight excluding hydrogens is 303 g/mol. The van der Waals surface area contributed by atoms with Crippen molar-refractivity contribution < 1.29 is 13.7 Å². The zero-order chi connectivity index (χ0) is 16.4. The minimum atomic E-state index is -1.10. The second-order valence-corrected chi connectivity index (χ2v) is 6.61. The number of hydrogen-bond donors (Lipinski definition) is 2. The van der Waals surface area contributed by atoms with E-state index in [1.807, 2.05) is 13.8 Å². The van der Waals surface area contributed by atoms with Crippen molar-refractivity contribution >= 4 is 11.4 Å². The molecule has 0 saturated carbocycles. The summed E-state index contributed by atoms with van der Waals surface area (Å²) in [6.45, 7) is 5.04. The van der Waals surface area contributed by atoms with Crippen LogP contribution in [0.1, 0.15) is 51.1 Å². The molecule has 0 aliphatic rings. The summed E-state index contributed by atoms with van der Waals surface area (Å²) in [5, 5.41) is 0. The third kappa shape index (κ3) is 6.96. The Morgan fingerprint density at radius 2 is 2.14 bits per heavy atom. The fourth-order valence-corrected chi connectivity index (χ4v) is 3.10. The zero-order valence-corrected chi connectivity index (χ0v) is 14.3. The van der Waals surface area contributed by atoms with Gasteiger partial charge >= 0.3 is 0 Å². The fourth-order valence-electron chi connectivity index (χ4n) is 1.99. The van der Waals surface area contributed by atoms with Gasteiger partial charge in [0, 0.05) is 11.4 Å². The zero-order valence-electron chi connectivity index (χ0n) is 13.4. The van der Waals surface area contributed by atoms with E-state index in [1.165, 1.54) is 6.07 Å². The summed E-state index contributed by atoms with van der Waals surface area (Å²) in [4.78, 5) is 0. The van der Waals surface area contributed by atoms with Crippen molar-refractivity contribution in [3.63, 3.8) is 0 Å². The van der Waals surface area contributed by atoms with Gasteiger partial charge in [0.15, 0.2) is 11.6 Å². The lowest BCUT2D eigenvalue weighted by Crippen LogP contribution is -2.29. The molecule has 6 heteroatoms. The van der Waals surface area contributed by atoms with Crippen LogP contribution < -0.4 is 15.2 Å². The Morgan fingerprint density at radius 1 is 1.36 bits per heavy atom. The molecule has 1 aromatic carbocycles. The second-order valence-electron chi connectivity index (χ2n) is 5.28. The molecule has 0 bridgehead atoms. The van der Waals surface area contributed by atoms with Gasteiger partial charge in [-0.25, -0.2) is 4.39 Å². The van der Waals surface area contributed by atoms with Crippen LogP contribution in [-0.2, 0) is 11.4 Å². The number of nitrogens with one attached hydrogen (secondary N) is 1. The molecule has 1 rings (SSSR count). The summed E-state index contributed by atoms with van der Waals surface area (Å²) < 4.78 is 34.0. The van der Waals surface area contributed by atoms with E-state index in [0.29, 0.717) is 18.9 Å². The second kappa shape index (κ2) is 10.8. The van der Waals surface area contributed by atoms with Crippen LogP contribution in [0.15, 0.2) is 18.2 Å². The van der Waals surface area contributed by atoms with Gasteiger partial charge in [0.25, 0.3) is 0 Å². The average Bonchev–Trinajstić information content (AvgIpc) is 2.50. The average molecular weight is 330 g/mol. The number of ether oxygens (including phenoxy) is 1. The van der Waals surface area contributed by atoms with E-state index in [-0.39, 0.29) is 17.6 Å². The minimum Gasteiger partial charge on any atom is -0.598 e. The molecule has 1 unspecified atom stereocenters. The standard InChI is InChI=1S/C16H27FN2O2S/c1-3-10-21-16-12-14(7-8-15(16)17)13(2)19-22(20)11-6-4-5-9-18/h7-8,12-13,19H,3-6,9-11,18H2,1-2H3/t13-,22?/m0/s1. The third-order valence-corrected chi connectivity index (χ3v) is 4.53. The minimum absolute atomic E-state index is 0.125. The van der Waals surface area contributed by atoms with E-state index in [0.717, 1.165) is 31.2 Å². The van der Waals surface area contributed by atoms with Crippen molar-refractivity contribution in [2.75, 3.05) is 18.9 Å². The van der Waals surface area contributed by atoms with Crippen LogP contribution in [0.3, 0.4) is 0 Å². The normalized spacial score (nSPS) is 13.9. The van der Waals surface area contributed by atoms with Crippen molar-refractivity contribution in [2.24, 2.45) is 5.73 Å². The van der Waals surface area contributed by atoms with Gasteiger partial charge in [-0.1, -0.05) is 13.0 Å². The highest BCUT2D eigenvalue weighted by Crippen LogP contribution is 2.23. The number of halogens is 1. The van der Waals surface area contributed by atoms with Gasteiger partial charge in [0.1, 0.15) is 5.75 Å². The quantitative estimate of drug-likeness (QED) is 0.483. The van der Waals surface area contributed by atoms with Crippen LogP contribution in [-0.4, -0.2) is 23.5 Å². The number of unbranched alkanes of at least 4 members (excludes halogenated alkanes) is 2. The Hall–Kier alpha value is -0.820. The number of benzene rings is 1. The highest BCUT2D eigenvalue weighted by atomic mass is 32.2. The topological polar surface area (TPSA) is 70.3 Å². The van der Waals surface area contributed by atoms with E-state index < -0.39 is 11.4 Å². The Kier molecular flexibility index (Phi) is 9.47. The molecule has 4 nitrogen and oxygen atoms in total. The molecule has 0 amide bonds. The molecule has 0 heterocycles. The summed E-state index contributed by atoms with van der Waals surface area (Å²) in [6.07, 6.45) is 3.66. The molecule has 0 spiro atoms. The first kappa shape index (κ1) is 19.2. The lowest BCUT2D eigenvalue weighted by atomic mass is 10.1. The van der Waals surface area contributed by atoms with E-state index in [2.05, 4.69) is 4.72 Å². The van der Waals surface area contributed by atoms with Crippen molar-refractivity contribution in [1.29, 1.82) is 0 Å². The van der Waals surface area contributed by atoms with Crippen LogP contribution in [0, 0.1) is 5.82 Å². The van der Waals surface area contributed by atoms with Gasteiger partial charge in [-0.05, 0) is 56.8 Å². The first-order valence-electron chi connectivity index (χ1n) is 7.85. The van der Waals surface area contributed by atoms with E-state index >= 15 is 0 Å². The monoisotopic (exact) mass is 330 g/mol. The predicted molar refractivity (Wildman–Crippen MR) is 89.7 cm³/mol. The van der Waals surface area contributed by atoms with Crippen molar-refractivity contribution in [3.8, 4) is 5.75 Å². The number of hydrogen-bond acceptors (Lipinski definition) is 4. The first-order valence-corrected chi connectivity index (χ1v) is 9.17. The van der Waals surface area contributed by atoms with E-state index in [9.17, 15) is 8.94 Å². The summed E-state index contributed by atoms with van der Waals surface area (Å²) in [7, 11) is 0. The molecule has 1 aromatic rings. The van der Waals surface area contributed by atoms with Gasteiger partial charge in [-0.3, -0.25) is 0 Å². The lowest BCUT2D eigenvalue weighted by Gasteiger charge is -2.18. The maximum absolute atomic E-state index is 13.6. The van der Waals surface area contributed by atoms with Crippen molar-refractivity contribution in [2.45, 2.75) is 45.6 Å². The van der Waals surface area contributed by atoms with Gasteiger partial charge < -0.3 is 15.0 Å². The van der Waals surface area contributed by atoms with Crippen LogP contribution in [0.2, 0.25) is 0 Å². The molecule has 0 fully saturated rings. The molecule has 22 heavy (non-hydrogen) atoms. The van der Waals surface area contributed by atoms with Crippen LogP contribution in [0.4, 0.5) is 4.39 Å². The van der Waals surface area contributed by atoms with Crippen LogP contribution in [0.25, 0.3) is 0 Å². The predicted octanol–water partition coefficient (Wildman–Crippen LogP) is 3.06. The van der Waals surface area contributed by atoms with Crippen molar-refractivity contribution in [1.82, 2.24) is 4.72 Å². The van der Waals surface area contributed by atoms with Gasteiger partial charge in [0.2, 0.25) is 0 Å². The fraction of sp³-hybridized carbons (Fsp3) is 0.625. The SMILES string of the molecule is CCCOc1cc([C@H](C)N[S+]([O-])CCCCCN)ccc1F. The molecule has 3 N–H and O–H groups in total. The maximum atomic E-state index is 13.6. The highest BCUT2D eigenvalue weighted by molar-refractivity contribution is 7.89. The molecular formula is C16H27FN2O2S. The lowest BCUT2D eigenvalue weighted by molar-refractivity contribution is 0.300. The largest absolute Gasteiger partial charge is 0.598 e. The molecule has 2 atom stereocenters. The number of rotatable bonds is 11. The van der Waals surface area contributed by atoms with Gasteiger partial charge in [-0.15, -0.1) is 4.72 Å². The summed E-state index contributed by atoms with van der Waals surface area (Å²) in [6, 6.07) is 4.63.